The van der Waals surface area contributed by atoms with Crippen molar-refractivity contribution < 1.29 is 9.90 Å². The Balaban J connectivity index is 1.47. The summed E-state index contributed by atoms with van der Waals surface area (Å²) in [5.41, 5.74) is 7.22. The van der Waals surface area contributed by atoms with Crippen LogP contribution in [0.25, 0.3) is 22.2 Å². The maximum Gasteiger partial charge on any atom is 0.307 e. The quantitative estimate of drug-likeness (QED) is 0.381. The highest BCUT2D eigenvalue weighted by molar-refractivity contribution is 5.91. The van der Waals surface area contributed by atoms with Crippen LogP contribution in [0.5, 0.6) is 0 Å². The van der Waals surface area contributed by atoms with Crippen molar-refractivity contribution >= 4 is 16.9 Å². The molecule has 3 aromatic carbocycles. The average Bonchev–Trinajstić information content (AvgIpc) is 3.18. The number of hydrogen-bond acceptors (Lipinski definition) is 1. The zero-order valence-electron chi connectivity index (χ0n) is 17.6. The van der Waals surface area contributed by atoms with E-state index < -0.39 is 5.97 Å². The molecule has 0 radical (unpaired) electrons. The molecule has 1 saturated carbocycles. The summed E-state index contributed by atoms with van der Waals surface area (Å²) >= 11 is 0. The number of para-hydroxylation sites is 1. The highest BCUT2D eigenvalue weighted by atomic mass is 16.4. The molecule has 2 atom stereocenters. The van der Waals surface area contributed by atoms with E-state index in [2.05, 4.69) is 77.8 Å². The van der Waals surface area contributed by atoms with Gasteiger partial charge in [0.25, 0.3) is 0 Å². The number of aromatic nitrogens is 1. The summed E-state index contributed by atoms with van der Waals surface area (Å²) in [6.45, 7) is 0. The fraction of sp³-hybridized carbons (Fsp3) is 0.250. The number of fused-ring (bicyclic) bond motifs is 1. The number of hydrogen-bond donors (Lipinski definition) is 2. The number of aliphatic carboxylic acids is 1. The second-order valence-electron chi connectivity index (χ2n) is 8.64. The van der Waals surface area contributed by atoms with Gasteiger partial charge in [0.2, 0.25) is 0 Å². The van der Waals surface area contributed by atoms with Gasteiger partial charge in [-0.05, 0) is 47.1 Å². The molecule has 1 aliphatic rings. The Kier molecular flexibility index (Phi) is 5.33. The molecule has 0 aliphatic heterocycles. The van der Waals surface area contributed by atoms with E-state index in [1.54, 1.807) is 0 Å². The lowest BCUT2D eigenvalue weighted by molar-refractivity contribution is -0.143. The van der Waals surface area contributed by atoms with Crippen LogP contribution in [-0.2, 0) is 11.2 Å². The first-order valence-corrected chi connectivity index (χ1v) is 11.2. The molecule has 4 aromatic rings. The SMILES string of the molecule is O=C(O)[C@@H]1CCCC[C@H]1c1ccc(Cc2c(-c3ccccc3)[nH]c3ccccc23)cc1. The third-order valence-electron chi connectivity index (χ3n) is 6.75. The number of carboxylic acid groups (broad SMARTS) is 1. The van der Waals surface area contributed by atoms with Gasteiger partial charge in [-0.3, -0.25) is 4.79 Å². The van der Waals surface area contributed by atoms with Crippen LogP contribution in [0.3, 0.4) is 0 Å². The molecule has 0 amide bonds. The van der Waals surface area contributed by atoms with E-state index in [4.69, 9.17) is 0 Å². The van der Waals surface area contributed by atoms with Gasteiger partial charge in [-0.15, -0.1) is 0 Å². The van der Waals surface area contributed by atoms with E-state index in [0.29, 0.717) is 0 Å². The van der Waals surface area contributed by atoms with Gasteiger partial charge in [0.1, 0.15) is 0 Å². The number of carboxylic acids is 1. The first kappa shape index (κ1) is 19.6. The van der Waals surface area contributed by atoms with Crippen molar-refractivity contribution in [3.05, 3.63) is 95.6 Å². The van der Waals surface area contributed by atoms with Crippen LogP contribution in [0.4, 0.5) is 0 Å². The van der Waals surface area contributed by atoms with Crippen molar-refractivity contribution in [3.63, 3.8) is 0 Å². The number of H-pyrrole nitrogens is 1. The van der Waals surface area contributed by atoms with E-state index in [1.165, 1.54) is 27.8 Å². The predicted octanol–water partition coefficient (Wildman–Crippen LogP) is 6.78. The minimum absolute atomic E-state index is 0.133. The maximum absolute atomic E-state index is 11.7. The maximum atomic E-state index is 11.7. The van der Waals surface area contributed by atoms with Crippen molar-refractivity contribution in [2.45, 2.75) is 38.0 Å². The molecular formula is C28H27NO2. The lowest BCUT2D eigenvalue weighted by Gasteiger charge is -2.29. The zero-order valence-corrected chi connectivity index (χ0v) is 17.6. The summed E-state index contributed by atoms with van der Waals surface area (Å²) in [4.78, 5) is 15.3. The molecule has 5 rings (SSSR count). The van der Waals surface area contributed by atoms with Gasteiger partial charge in [0.15, 0.2) is 0 Å². The number of aromatic amines is 1. The molecular weight excluding hydrogens is 382 g/mol. The number of carbonyl (C=O) groups is 1. The van der Waals surface area contributed by atoms with Crippen LogP contribution in [0, 0.1) is 5.92 Å². The summed E-state index contributed by atoms with van der Waals surface area (Å²) < 4.78 is 0. The molecule has 156 valence electrons. The van der Waals surface area contributed by atoms with Crippen LogP contribution < -0.4 is 0 Å². The number of nitrogens with one attached hydrogen (secondary N) is 1. The lowest BCUT2D eigenvalue weighted by atomic mass is 9.75. The summed E-state index contributed by atoms with van der Waals surface area (Å²) in [5.74, 6) is -0.772. The molecule has 1 aliphatic carbocycles. The molecule has 31 heavy (non-hydrogen) atoms. The molecule has 1 fully saturated rings. The van der Waals surface area contributed by atoms with Gasteiger partial charge in [-0.1, -0.05) is 85.6 Å². The average molecular weight is 410 g/mol. The summed E-state index contributed by atoms with van der Waals surface area (Å²) in [5, 5.41) is 10.9. The predicted molar refractivity (Wildman–Crippen MR) is 125 cm³/mol. The van der Waals surface area contributed by atoms with E-state index in [9.17, 15) is 9.90 Å². The minimum atomic E-state index is -0.653. The van der Waals surface area contributed by atoms with Gasteiger partial charge in [0, 0.05) is 17.3 Å². The van der Waals surface area contributed by atoms with Crippen LogP contribution in [0.2, 0.25) is 0 Å². The first-order chi connectivity index (χ1) is 15.2. The fourth-order valence-electron chi connectivity index (χ4n) is 5.15. The number of rotatable bonds is 5. The zero-order chi connectivity index (χ0) is 21.2. The van der Waals surface area contributed by atoms with Gasteiger partial charge in [-0.25, -0.2) is 0 Å². The van der Waals surface area contributed by atoms with Crippen molar-refractivity contribution in [2.75, 3.05) is 0 Å². The molecule has 1 heterocycles. The second-order valence-corrected chi connectivity index (χ2v) is 8.64. The molecule has 3 heteroatoms. The Morgan fingerprint density at radius 2 is 1.58 bits per heavy atom. The van der Waals surface area contributed by atoms with Gasteiger partial charge in [-0.2, -0.15) is 0 Å². The first-order valence-electron chi connectivity index (χ1n) is 11.2. The van der Waals surface area contributed by atoms with Crippen molar-refractivity contribution in [1.29, 1.82) is 0 Å². The van der Waals surface area contributed by atoms with Gasteiger partial charge in [0.05, 0.1) is 11.6 Å². The molecule has 0 unspecified atom stereocenters. The standard InChI is InChI=1S/C28H27NO2/c30-28(31)24-12-5-4-10-22(24)20-16-14-19(15-17-20)18-25-23-11-6-7-13-26(23)29-27(25)21-8-2-1-3-9-21/h1-3,6-9,11,13-17,22,24,29H,4-5,10,12,18H2,(H,30,31)/t22-,24+/m0/s1. The smallest absolute Gasteiger partial charge is 0.307 e. The molecule has 1 aromatic heterocycles. The molecule has 3 nitrogen and oxygen atoms in total. The topological polar surface area (TPSA) is 53.1 Å². The minimum Gasteiger partial charge on any atom is -0.481 e. The van der Waals surface area contributed by atoms with E-state index in [1.807, 2.05) is 6.07 Å². The van der Waals surface area contributed by atoms with Crippen molar-refractivity contribution in [1.82, 2.24) is 4.98 Å². The van der Waals surface area contributed by atoms with Crippen molar-refractivity contribution in [2.24, 2.45) is 5.92 Å². The summed E-state index contributed by atoms with van der Waals surface area (Å²) in [6.07, 6.45) is 4.73. The Labute approximate surface area is 182 Å². The molecule has 0 bridgehead atoms. The lowest BCUT2D eigenvalue weighted by Crippen LogP contribution is -2.25. The Morgan fingerprint density at radius 1 is 0.871 bits per heavy atom. The Bertz CT molecular complexity index is 1190. The largest absolute Gasteiger partial charge is 0.481 e. The van der Waals surface area contributed by atoms with E-state index in [-0.39, 0.29) is 11.8 Å². The molecule has 0 saturated heterocycles. The number of benzene rings is 3. The Morgan fingerprint density at radius 3 is 2.35 bits per heavy atom. The second kappa shape index (κ2) is 8.43. The molecule has 2 N–H and O–H groups in total. The van der Waals surface area contributed by atoms with Gasteiger partial charge < -0.3 is 10.1 Å². The summed E-state index contributed by atoms with van der Waals surface area (Å²) in [7, 11) is 0. The third kappa shape index (κ3) is 3.88. The van der Waals surface area contributed by atoms with Crippen LogP contribution in [0.15, 0.2) is 78.9 Å². The van der Waals surface area contributed by atoms with Crippen molar-refractivity contribution in [3.8, 4) is 11.3 Å². The summed E-state index contributed by atoms with van der Waals surface area (Å²) in [6, 6.07) is 27.6. The molecule has 0 spiro atoms. The van der Waals surface area contributed by atoms with Gasteiger partial charge >= 0.3 is 5.97 Å². The fourth-order valence-corrected chi connectivity index (χ4v) is 5.15. The highest BCUT2D eigenvalue weighted by Crippen LogP contribution is 2.38. The van der Waals surface area contributed by atoms with Crippen LogP contribution >= 0.6 is 0 Å². The highest BCUT2D eigenvalue weighted by Gasteiger charge is 2.31. The van der Waals surface area contributed by atoms with Crippen LogP contribution in [0.1, 0.15) is 48.3 Å². The van der Waals surface area contributed by atoms with Crippen LogP contribution in [-0.4, -0.2) is 16.1 Å². The van der Waals surface area contributed by atoms with E-state index in [0.717, 1.165) is 43.2 Å². The normalized spacial score (nSPS) is 18.8. The Hall–Kier alpha value is -3.33. The van der Waals surface area contributed by atoms with E-state index >= 15 is 0 Å². The third-order valence-corrected chi connectivity index (χ3v) is 6.75. The monoisotopic (exact) mass is 409 g/mol.